The van der Waals surface area contributed by atoms with Crippen LogP contribution in [0.4, 0.5) is 8.78 Å². The number of nitrogens with zero attached hydrogens (tertiary/aromatic N) is 2. The van der Waals surface area contributed by atoms with Gasteiger partial charge in [-0.25, -0.2) is 13.6 Å². The van der Waals surface area contributed by atoms with Crippen molar-refractivity contribution in [1.29, 1.82) is 0 Å². The van der Waals surface area contributed by atoms with Gasteiger partial charge in [-0.1, -0.05) is 76.7 Å². The summed E-state index contributed by atoms with van der Waals surface area (Å²) in [4.78, 5) is 35.0. The van der Waals surface area contributed by atoms with E-state index in [2.05, 4.69) is 20.9 Å². The van der Waals surface area contributed by atoms with Crippen LogP contribution in [-0.2, 0) is 9.59 Å². The number of rotatable bonds is 25. The SMILES string of the molecule is CN=NC(CCCCNC(=O)CCCCCCCCCCCCCCCNC(=O)c1ccc(B(O)O)c(F)c1F)C(=O)O. The molecule has 5 N–H and O–H groups in total. The third-order valence-electron chi connectivity index (χ3n) is 7.27. The van der Waals surface area contributed by atoms with E-state index in [4.69, 9.17) is 15.2 Å². The molecule has 0 aliphatic heterocycles. The second-order valence-corrected chi connectivity index (χ2v) is 10.8. The van der Waals surface area contributed by atoms with Gasteiger partial charge in [-0.3, -0.25) is 9.59 Å². The molecule has 242 valence electrons. The molecular weight excluding hydrogens is 561 g/mol. The number of nitrogens with one attached hydrogen (secondary N) is 2. The Morgan fingerprint density at radius 2 is 1.28 bits per heavy atom. The Balaban J connectivity index is 1.90. The molecule has 0 saturated heterocycles. The molecule has 1 atom stereocenters. The minimum atomic E-state index is -2.15. The molecule has 0 radical (unpaired) electrons. The number of azo groups is 1. The summed E-state index contributed by atoms with van der Waals surface area (Å²) in [5, 5.41) is 39.7. The summed E-state index contributed by atoms with van der Waals surface area (Å²) in [6.07, 6.45) is 16.4. The molecule has 0 heterocycles. The smallest absolute Gasteiger partial charge is 0.480 e. The standard InChI is InChI=1S/C30H49BF2N4O6/c1-34-37-25(30(40)41)17-14-16-21-35-26(38)18-13-11-9-7-5-3-2-4-6-8-10-12-15-22-36-29(39)23-19-20-24(31(42)43)28(33)27(23)32/h19-20,25,42-43H,2-18,21-22H2,1H3,(H,35,38)(H,36,39)(H,40,41). The lowest BCUT2D eigenvalue weighted by molar-refractivity contribution is -0.138. The molecule has 13 heteroatoms. The summed E-state index contributed by atoms with van der Waals surface area (Å²) >= 11 is 0. The van der Waals surface area contributed by atoms with Crippen LogP contribution in [0.5, 0.6) is 0 Å². The first kappa shape index (κ1) is 38.1. The molecule has 0 saturated carbocycles. The zero-order valence-electron chi connectivity index (χ0n) is 25.5. The van der Waals surface area contributed by atoms with Gasteiger partial charge in [0.2, 0.25) is 5.91 Å². The van der Waals surface area contributed by atoms with Crippen LogP contribution in [0.25, 0.3) is 0 Å². The molecule has 0 fully saturated rings. The number of carboxylic acid groups (broad SMARTS) is 1. The van der Waals surface area contributed by atoms with Crippen LogP contribution in [0.15, 0.2) is 22.4 Å². The van der Waals surface area contributed by atoms with Crippen molar-refractivity contribution >= 4 is 30.4 Å². The van der Waals surface area contributed by atoms with Crippen LogP contribution in [0, 0.1) is 11.6 Å². The zero-order chi connectivity index (χ0) is 31.9. The third kappa shape index (κ3) is 17.1. The number of carbonyl (C=O) groups is 3. The minimum Gasteiger partial charge on any atom is -0.480 e. The van der Waals surface area contributed by atoms with Crippen molar-refractivity contribution in [3.8, 4) is 0 Å². The van der Waals surface area contributed by atoms with Crippen molar-refractivity contribution in [3.05, 3.63) is 29.3 Å². The van der Waals surface area contributed by atoms with Gasteiger partial charge in [-0.2, -0.15) is 10.2 Å². The van der Waals surface area contributed by atoms with E-state index in [0.29, 0.717) is 32.4 Å². The normalized spacial score (nSPS) is 11.9. The fraction of sp³-hybridized carbons (Fsp3) is 0.700. The average molecular weight is 611 g/mol. The number of amides is 2. The molecule has 1 unspecified atom stereocenters. The molecule has 0 aliphatic rings. The first-order valence-electron chi connectivity index (χ1n) is 15.6. The van der Waals surface area contributed by atoms with E-state index in [0.717, 1.165) is 63.5 Å². The highest BCUT2D eigenvalue weighted by molar-refractivity contribution is 6.58. The molecule has 1 aromatic carbocycles. The molecule has 0 aromatic heterocycles. The molecule has 2 amide bonds. The molecule has 0 spiro atoms. The summed E-state index contributed by atoms with van der Waals surface area (Å²) in [6, 6.07) is 1.22. The number of hydrogen-bond donors (Lipinski definition) is 5. The van der Waals surface area contributed by atoms with Crippen LogP contribution in [0.2, 0.25) is 0 Å². The van der Waals surface area contributed by atoms with Crippen molar-refractivity contribution < 1.29 is 38.3 Å². The quantitative estimate of drug-likeness (QED) is 0.0615. The number of aliphatic carboxylic acids is 1. The number of carboxylic acids is 1. The van der Waals surface area contributed by atoms with Gasteiger partial charge in [-0.15, -0.1) is 0 Å². The van der Waals surface area contributed by atoms with Crippen molar-refractivity contribution in [2.75, 3.05) is 20.1 Å². The second-order valence-electron chi connectivity index (χ2n) is 10.8. The molecule has 43 heavy (non-hydrogen) atoms. The first-order chi connectivity index (χ1) is 20.7. The molecular formula is C30H49BF2N4O6. The van der Waals surface area contributed by atoms with E-state index in [-0.39, 0.29) is 5.91 Å². The number of halogens is 2. The van der Waals surface area contributed by atoms with Crippen molar-refractivity contribution in [1.82, 2.24) is 10.6 Å². The van der Waals surface area contributed by atoms with Crippen LogP contribution in [0.1, 0.15) is 120 Å². The fourth-order valence-electron chi connectivity index (χ4n) is 4.74. The van der Waals surface area contributed by atoms with Gasteiger partial charge in [-0.05, 0) is 38.2 Å². The third-order valence-corrected chi connectivity index (χ3v) is 7.27. The Labute approximate surface area is 254 Å². The van der Waals surface area contributed by atoms with Crippen LogP contribution in [-0.4, -0.2) is 66.2 Å². The largest absolute Gasteiger partial charge is 0.491 e. The Morgan fingerprint density at radius 3 is 1.81 bits per heavy atom. The maximum absolute atomic E-state index is 14.0. The van der Waals surface area contributed by atoms with Crippen LogP contribution in [0.3, 0.4) is 0 Å². The monoisotopic (exact) mass is 610 g/mol. The lowest BCUT2D eigenvalue weighted by Crippen LogP contribution is -2.35. The number of unbranched alkanes of at least 4 members (excludes halogenated alkanes) is 13. The Kier molecular flexibility index (Phi) is 20.8. The van der Waals surface area contributed by atoms with Crippen molar-refractivity contribution in [2.45, 2.75) is 115 Å². The van der Waals surface area contributed by atoms with Gasteiger partial charge in [0, 0.05) is 32.0 Å². The van der Waals surface area contributed by atoms with Gasteiger partial charge in [0.15, 0.2) is 17.7 Å². The van der Waals surface area contributed by atoms with Gasteiger partial charge in [0.25, 0.3) is 5.91 Å². The summed E-state index contributed by atoms with van der Waals surface area (Å²) < 4.78 is 27.8. The number of benzene rings is 1. The maximum Gasteiger partial charge on any atom is 0.491 e. The van der Waals surface area contributed by atoms with Crippen LogP contribution >= 0.6 is 0 Å². The highest BCUT2D eigenvalue weighted by Gasteiger charge is 2.24. The van der Waals surface area contributed by atoms with E-state index in [1.807, 2.05) is 0 Å². The fourth-order valence-corrected chi connectivity index (χ4v) is 4.74. The lowest BCUT2D eigenvalue weighted by atomic mass is 9.79. The maximum atomic E-state index is 14.0. The number of carbonyl (C=O) groups excluding carboxylic acids is 2. The predicted octanol–water partition coefficient (Wildman–Crippen LogP) is 4.66. The topological polar surface area (TPSA) is 161 Å². The van der Waals surface area contributed by atoms with Gasteiger partial charge < -0.3 is 25.8 Å². The van der Waals surface area contributed by atoms with Crippen molar-refractivity contribution in [3.63, 3.8) is 0 Å². The molecule has 0 aliphatic carbocycles. The summed E-state index contributed by atoms with van der Waals surface area (Å²) in [5.74, 6) is -4.48. The van der Waals surface area contributed by atoms with E-state index in [9.17, 15) is 23.2 Å². The van der Waals surface area contributed by atoms with Gasteiger partial charge >= 0.3 is 13.1 Å². The lowest BCUT2D eigenvalue weighted by Gasteiger charge is -2.09. The highest BCUT2D eigenvalue weighted by Crippen LogP contribution is 2.14. The first-order valence-corrected chi connectivity index (χ1v) is 15.6. The van der Waals surface area contributed by atoms with Crippen LogP contribution < -0.4 is 16.1 Å². The molecule has 1 aromatic rings. The molecule has 10 nitrogen and oxygen atoms in total. The predicted molar refractivity (Wildman–Crippen MR) is 162 cm³/mol. The Morgan fingerprint density at radius 1 is 0.767 bits per heavy atom. The van der Waals surface area contributed by atoms with Gasteiger partial charge in [0.05, 0.1) is 5.56 Å². The molecule has 0 bridgehead atoms. The highest BCUT2D eigenvalue weighted by atomic mass is 19.2. The number of hydrogen-bond acceptors (Lipinski definition) is 7. The van der Waals surface area contributed by atoms with E-state index in [1.54, 1.807) is 0 Å². The van der Waals surface area contributed by atoms with E-state index < -0.39 is 47.7 Å². The van der Waals surface area contributed by atoms with E-state index in [1.165, 1.54) is 45.6 Å². The Hall–Kier alpha value is -2.93. The summed E-state index contributed by atoms with van der Waals surface area (Å²) in [5.41, 5.74) is -1.07. The summed E-state index contributed by atoms with van der Waals surface area (Å²) in [6.45, 7) is 0.910. The average Bonchev–Trinajstić information content (AvgIpc) is 2.97. The Bertz CT molecular complexity index is 1000. The zero-order valence-corrected chi connectivity index (χ0v) is 25.5. The second kappa shape index (κ2) is 23.5. The summed E-state index contributed by atoms with van der Waals surface area (Å²) in [7, 11) is -0.691. The van der Waals surface area contributed by atoms with Gasteiger partial charge in [0.1, 0.15) is 0 Å². The van der Waals surface area contributed by atoms with E-state index >= 15 is 0 Å². The molecule has 1 rings (SSSR count). The van der Waals surface area contributed by atoms with Crippen molar-refractivity contribution in [2.24, 2.45) is 10.2 Å². The minimum absolute atomic E-state index is 0.0483.